The number of benzene rings is 2. The molecular formula is C19H18N4OS. The number of hydrogen-bond donors (Lipinski definition) is 2. The van der Waals surface area contributed by atoms with Gasteiger partial charge in [-0.25, -0.2) is 0 Å². The summed E-state index contributed by atoms with van der Waals surface area (Å²) in [4.78, 5) is 11.3. The van der Waals surface area contributed by atoms with E-state index in [0.717, 1.165) is 16.9 Å². The second kappa shape index (κ2) is 7.72. The second-order valence-electron chi connectivity index (χ2n) is 5.62. The molecule has 2 N–H and O–H groups in total. The van der Waals surface area contributed by atoms with Crippen molar-refractivity contribution in [1.29, 1.82) is 0 Å². The van der Waals surface area contributed by atoms with Crippen LogP contribution in [0.5, 0.6) is 0 Å². The first kappa shape index (κ1) is 16.9. The van der Waals surface area contributed by atoms with E-state index < -0.39 is 0 Å². The number of rotatable bonds is 5. The maximum absolute atomic E-state index is 11.3. The van der Waals surface area contributed by atoms with Gasteiger partial charge in [0.1, 0.15) is 0 Å². The molecule has 0 aliphatic carbocycles. The molecule has 0 amide bonds. The molecule has 0 fully saturated rings. The number of aromatic nitrogens is 2. The molecule has 5 nitrogen and oxygen atoms in total. The number of nitrogens with zero attached hydrogens (tertiary/aromatic N) is 2. The number of nitrogens with one attached hydrogen (secondary N) is 2. The van der Waals surface area contributed by atoms with Gasteiger partial charge in [-0.1, -0.05) is 12.1 Å². The van der Waals surface area contributed by atoms with E-state index in [0.29, 0.717) is 17.2 Å². The Balaban J connectivity index is 1.61. The number of hydrogen-bond acceptors (Lipinski definition) is 3. The van der Waals surface area contributed by atoms with Gasteiger partial charge in [0.2, 0.25) is 0 Å². The Labute approximate surface area is 151 Å². The van der Waals surface area contributed by atoms with Gasteiger partial charge in [-0.3, -0.25) is 9.48 Å². The summed E-state index contributed by atoms with van der Waals surface area (Å²) in [6.07, 6.45) is 3.69. The molecule has 0 saturated heterocycles. The predicted octanol–water partition coefficient (Wildman–Crippen LogP) is 3.94. The molecule has 25 heavy (non-hydrogen) atoms. The molecule has 1 heterocycles. The minimum atomic E-state index is 0.0428. The van der Waals surface area contributed by atoms with Crippen LogP contribution in [0.3, 0.4) is 0 Å². The van der Waals surface area contributed by atoms with Gasteiger partial charge < -0.3 is 10.6 Å². The van der Waals surface area contributed by atoms with Crippen molar-refractivity contribution < 1.29 is 4.79 Å². The molecule has 0 unspecified atom stereocenters. The van der Waals surface area contributed by atoms with Crippen LogP contribution >= 0.6 is 12.2 Å². The van der Waals surface area contributed by atoms with Crippen molar-refractivity contribution in [2.75, 3.05) is 10.6 Å². The van der Waals surface area contributed by atoms with Gasteiger partial charge in [-0.2, -0.15) is 5.10 Å². The van der Waals surface area contributed by atoms with E-state index in [4.69, 9.17) is 12.2 Å². The fourth-order valence-corrected chi connectivity index (χ4v) is 2.65. The molecule has 0 spiro atoms. The average Bonchev–Trinajstić information content (AvgIpc) is 3.08. The fraction of sp³-hybridized carbons (Fsp3) is 0.105. The van der Waals surface area contributed by atoms with Crippen LogP contribution in [0, 0.1) is 0 Å². The van der Waals surface area contributed by atoms with E-state index in [1.54, 1.807) is 25.3 Å². The quantitative estimate of drug-likeness (QED) is 0.539. The van der Waals surface area contributed by atoms with Crippen molar-refractivity contribution in [2.45, 2.75) is 13.5 Å². The maximum Gasteiger partial charge on any atom is 0.175 e. The van der Waals surface area contributed by atoms with Crippen molar-refractivity contribution in [2.24, 2.45) is 0 Å². The first-order valence-corrected chi connectivity index (χ1v) is 8.26. The molecular weight excluding hydrogens is 332 g/mol. The Bertz CT molecular complexity index is 873. The minimum absolute atomic E-state index is 0.0428. The predicted molar refractivity (Wildman–Crippen MR) is 104 cm³/mol. The standard InChI is InChI=1S/C19H18N4OS/c1-14(24)16-6-8-17(9-7-16)21-19(25)22-18-5-2-4-15(12-18)13-23-11-3-10-20-23/h2-12H,13H2,1H3,(H2,21,22,25). The van der Waals surface area contributed by atoms with E-state index in [-0.39, 0.29) is 5.78 Å². The van der Waals surface area contributed by atoms with E-state index >= 15 is 0 Å². The summed E-state index contributed by atoms with van der Waals surface area (Å²) in [5.41, 5.74) is 3.54. The topological polar surface area (TPSA) is 59.0 Å². The fourth-order valence-electron chi connectivity index (χ4n) is 2.41. The van der Waals surface area contributed by atoms with Gasteiger partial charge in [0.05, 0.1) is 6.54 Å². The minimum Gasteiger partial charge on any atom is -0.332 e. The number of carbonyl (C=O) groups is 1. The van der Waals surface area contributed by atoms with E-state index in [9.17, 15) is 4.79 Å². The first-order chi connectivity index (χ1) is 12.1. The van der Waals surface area contributed by atoms with Gasteiger partial charge >= 0.3 is 0 Å². The number of carbonyl (C=O) groups excluding carboxylic acids is 1. The van der Waals surface area contributed by atoms with Gasteiger partial charge in [-0.15, -0.1) is 0 Å². The highest BCUT2D eigenvalue weighted by atomic mass is 32.1. The Morgan fingerprint density at radius 2 is 1.84 bits per heavy atom. The van der Waals surface area contributed by atoms with Crippen LogP contribution in [0.1, 0.15) is 22.8 Å². The molecule has 2 aromatic carbocycles. The first-order valence-electron chi connectivity index (χ1n) is 7.85. The Kier molecular flexibility index (Phi) is 5.20. The average molecular weight is 350 g/mol. The van der Waals surface area contributed by atoms with E-state index in [2.05, 4.69) is 15.7 Å². The number of ketones is 1. The third-order valence-corrected chi connectivity index (χ3v) is 3.84. The van der Waals surface area contributed by atoms with Gasteiger partial charge in [0.15, 0.2) is 10.9 Å². The lowest BCUT2D eigenvalue weighted by molar-refractivity contribution is 0.101. The Morgan fingerprint density at radius 1 is 1.08 bits per heavy atom. The van der Waals surface area contributed by atoms with Crippen LogP contribution in [0.2, 0.25) is 0 Å². The molecule has 3 aromatic rings. The van der Waals surface area contributed by atoms with Crippen LogP contribution < -0.4 is 10.6 Å². The number of thiocarbonyl (C=S) groups is 1. The second-order valence-corrected chi connectivity index (χ2v) is 6.02. The molecule has 0 atom stereocenters. The number of Topliss-reactive ketones (excluding diaryl/α,β-unsaturated/α-hetero) is 1. The lowest BCUT2D eigenvalue weighted by Gasteiger charge is -2.12. The summed E-state index contributed by atoms with van der Waals surface area (Å²) in [6, 6.07) is 17.1. The highest BCUT2D eigenvalue weighted by Crippen LogP contribution is 2.14. The highest BCUT2D eigenvalue weighted by molar-refractivity contribution is 7.80. The summed E-state index contributed by atoms with van der Waals surface area (Å²) in [6.45, 7) is 2.25. The monoisotopic (exact) mass is 350 g/mol. The molecule has 1 aromatic heterocycles. The van der Waals surface area contributed by atoms with Crippen molar-refractivity contribution in [1.82, 2.24) is 9.78 Å². The third kappa shape index (κ3) is 4.74. The Hall–Kier alpha value is -2.99. The summed E-state index contributed by atoms with van der Waals surface area (Å²) in [5.74, 6) is 0.0428. The molecule has 0 radical (unpaired) electrons. The van der Waals surface area contributed by atoms with E-state index in [1.807, 2.05) is 53.3 Å². The van der Waals surface area contributed by atoms with Crippen LogP contribution in [-0.4, -0.2) is 20.7 Å². The van der Waals surface area contributed by atoms with Crippen molar-refractivity contribution in [3.63, 3.8) is 0 Å². The lowest BCUT2D eigenvalue weighted by atomic mass is 10.1. The Morgan fingerprint density at radius 3 is 2.52 bits per heavy atom. The van der Waals surface area contributed by atoms with Crippen LogP contribution in [0.4, 0.5) is 11.4 Å². The van der Waals surface area contributed by atoms with Crippen molar-refractivity contribution in [3.05, 3.63) is 78.1 Å². The smallest absolute Gasteiger partial charge is 0.175 e. The summed E-state index contributed by atoms with van der Waals surface area (Å²) in [5, 5.41) is 11.0. The van der Waals surface area contributed by atoms with Crippen molar-refractivity contribution >= 4 is 34.5 Å². The van der Waals surface area contributed by atoms with Gasteiger partial charge in [-0.05, 0) is 67.2 Å². The molecule has 3 rings (SSSR count). The normalized spacial score (nSPS) is 10.3. The largest absolute Gasteiger partial charge is 0.332 e. The molecule has 126 valence electrons. The molecule has 0 aliphatic rings. The third-order valence-electron chi connectivity index (χ3n) is 3.64. The van der Waals surface area contributed by atoms with Gasteiger partial charge in [0, 0.05) is 29.3 Å². The SMILES string of the molecule is CC(=O)c1ccc(NC(=S)Nc2cccc(Cn3cccn3)c2)cc1. The lowest BCUT2D eigenvalue weighted by Crippen LogP contribution is -2.19. The van der Waals surface area contributed by atoms with Crippen LogP contribution in [0.15, 0.2) is 67.0 Å². The molecule has 0 saturated carbocycles. The summed E-state index contributed by atoms with van der Waals surface area (Å²) < 4.78 is 1.87. The highest BCUT2D eigenvalue weighted by Gasteiger charge is 2.03. The van der Waals surface area contributed by atoms with Crippen LogP contribution in [0.25, 0.3) is 0 Å². The summed E-state index contributed by atoms with van der Waals surface area (Å²) >= 11 is 5.35. The maximum atomic E-state index is 11.3. The zero-order chi connectivity index (χ0) is 17.6. The van der Waals surface area contributed by atoms with Crippen molar-refractivity contribution in [3.8, 4) is 0 Å². The summed E-state index contributed by atoms with van der Waals surface area (Å²) in [7, 11) is 0. The van der Waals surface area contributed by atoms with Gasteiger partial charge in [0.25, 0.3) is 0 Å². The zero-order valence-corrected chi connectivity index (χ0v) is 14.6. The molecule has 6 heteroatoms. The van der Waals surface area contributed by atoms with E-state index in [1.165, 1.54) is 0 Å². The van der Waals surface area contributed by atoms with Crippen LogP contribution in [-0.2, 0) is 6.54 Å². The molecule has 0 bridgehead atoms. The number of anilines is 2. The molecule has 0 aliphatic heterocycles. The zero-order valence-electron chi connectivity index (χ0n) is 13.8.